The smallest absolute Gasteiger partial charge is 0.290 e. The molecule has 1 aromatic carbocycles. The zero-order chi connectivity index (χ0) is 16.7. The summed E-state index contributed by atoms with van der Waals surface area (Å²) >= 11 is 0. The monoisotopic (exact) mass is 318 g/mol. The van der Waals surface area contributed by atoms with Crippen LogP contribution in [0.1, 0.15) is 24.2 Å². The summed E-state index contributed by atoms with van der Waals surface area (Å²) in [6.45, 7) is 4.51. The molecule has 23 heavy (non-hydrogen) atoms. The van der Waals surface area contributed by atoms with E-state index in [-0.39, 0.29) is 6.47 Å². The Morgan fingerprint density at radius 2 is 2.17 bits per heavy atom. The van der Waals surface area contributed by atoms with Crippen molar-refractivity contribution in [1.29, 1.82) is 0 Å². The summed E-state index contributed by atoms with van der Waals surface area (Å²) in [5, 5.41) is 24.4. The number of aromatic hydroxyl groups is 1. The molecule has 2 N–H and O–H groups in total. The van der Waals surface area contributed by atoms with Crippen molar-refractivity contribution in [3.8, 4) is 5.75 Å². The molecule has 0 spiro atoms. The van der Waals surface area contributed by atoms with E-state index < -0.39 is 0 Å². The number of hydrogen-bond donors (Lipinski definition) is 2. The van der Waals surface area contributed by atoms with Crippen LogP contribution in [0.5, 0.6) is 5.75 Å². The molecule has 0 saturated heterocycles. The second kappa shape index (κ2) is 8.28. The molecule has 1 heterocycles. The summed E-state index contributed by atoms with van der Waals surface area (Å²) in [4.78, 5) is 10.8. The maximum atomic E-state index is 9.56. The van der Waals surface area contributed by atoms with Gasteiger partial charge in [0.05, 0.1) is 0 Å². The van der Waals surface area contributed by atoms with Gasteiger partial charge in [0.2, 0.25) is 0 Å². The Kier molecular flexibility index (Phi) is 6.10. The lowest BCUT2D eigenvalue weighted by molar-refractivity contribution is -0.122. The molecule has 0 amide bonds. The number of rotatable bonds is 6. The number of nitrogens with zero attached hydrogens (tertiary/aromatic N) is 4. The van der Waals surface area contributed by atoms with E-state index in [4.69, 9.17) is 9.90 Å². The molecular formula is C16H22N4O3. The quantitative estimate of drug-likeness (QED) is 0.787. The first-order valence-electron chi connectivity index (χ1n) is 7.58. The van der Waals surface area contributed by atoms with E-state index in [2.05, 4.69) is 25.7 Å². The number of carboxylic acid groups (broad SMARTS) is 1. The Labute approximate surface area is 135 Å². The first kappa shape index (κ1) is 17.0. The van der Waals surface area contributed by atoms with Gasteiger partial charge in [0.15, 0.2) is 0 Å². The highest BCUT2D eigenvalue weighted by Gasteiger charge is 2.28. The lowest BCUT2D eigenvalue weighted by atomic mass is 10.2. The van der Waals surface area contributed by atoms with Gasteiger partial charge in [-0.15, -0.1) is 10.2 Å². The highest BCUT2D eigenvalue weighted by Crippen LogP contribution is 2.28. The van der Waals surface area contributed by atoms with Crippen LogP contribution in [0.3, 0.4) is 0 Å². The van der Waals surface area contributed by atoms with Gasteiger partial charge < -0.3 is 14.8 Å². The van der Waals surface area contributed by atoms with Crippen LogP contribution in [-0.2, 0) is 17.9 Å². The van der Waals surface area contributed by atoms with Gasteiger partial charge in [-0.2, -0.15) is 0 Å². The first-order chi connectivity index (χ1) is 11.1. The number of hydrogen-bond acceptors (Lipinski definition) is 5. The van der Waals surface area contributed by atoms with Crippen molar-refractivity contribution in [2.45, 2.75) is 38.9 Å². The van der Waals surface area contributed by atoms with Gasteiger partial charge in [0.1, 0.15) is 17.9 Å². The van der Waals surface area contributed by atoms with Gasteiger partial charge in [0, 0.05) is 25.7 Å². The molecule has 3 rings (SSSR count). The SMILES string of the molecule is Cc1nncn1CCN(Cc1cccc(O)c1)C1CC1.O=CO. The van der Waals surface area contributed by atoms with Gasteiger partial charge in [-0.1, -0.05) is 12.1 Å². The zero-order valence-electron chi connectivity index (χ0n) is 13.2. The van der Waals surface area contributed by atoms with Crippen LogP contribution >= 0.6 is 0 Å². The highest BCUT2D eigenvalue weighted by atomic mass is 16.3. The van der Waals surface area contributed by atoms with Crippen LogP contribution in [0.2, 0.25) is 0 Å². The number of aryl methyl sites for hydroxylation is 1. The average molecular weight is 318 g/mol. The van der Waals surface area contributed by atoms with E-state index >= 15 is 0 Å². The molecule has 0 radical (unpaired) electrons. The maximum absolute atomic E-state index is 9.56. The van der Waals surface area contributed by atoms with Crippen LogP contribution in [0.25, 0.3) is 0 Å². The summed E-state index contributed by atoms with van der Waals surface area (Å²) in [5.74, 6) is 1.30. The van der Waals surface area contributed by atoms with Crippen LogP contribution in [0.15, 0.2) is 30.6 Å². The summed E-state index contributed by atoms with van der Waals surface area (Å²) in [7, 11) is 0. The van der Waals surface area contributed by atoms with E-state index in [1.165, 1.54) is 12.8 Å². The van der Waals surface area contributed by atoms with Crippen molar-refractivity contribution in [2.75, 3.05) is 6.54 Å². The topological polar surface area (TPSA) is 91.5 Å². The lowest BCUT2D eigenvalue weighted by Crippen LogP contribution is -2.29. The molecule has 1 saturated carbocycles. The molecule has 0 aliphatic heterocycles. The van der Waals surface area contributed by atoms with Crippen LogP contribution < -0.4 is 0 Å². The second-order valence-electron chi connectivity index (χ2n) is 5.55. The molecule has 0 unspecified atom stereocenters. The van der Waals surface area contributed by atoms with Gasteiger partial charge in [0.25, 0.3) is 6.47 Å². The Bertz CT molecular complexity index is 625. The molecule has 7 nitrogen and oxygen atoms in total. The van der Waals surface area contributed by atoms with Crippen molar-refractivity contribution >= 4 is 6.47 Å². The van der Waals surface area contributed by atoms with E-state index in [1.807, 2.05) is 19.1 Å². The standard InChI is InChI=1S/C15H20N4O.CH2O2/c1-12-17-16-11-19(12)8-7-18(14-5-6-14)10-13-3-2-4-15(20)9-13;2-1-3/h2-4,9,11,14,20H,5-8,10H2,1H3;1H,(H,2,3). The molecule has 1 aliphatic rings. The predicted molar refractivity (Wildman–Crippen MR) is 85.0 cm³/mol. The zero-order valence-corrected chi connectivity index (χ0v) is 13.2. The molecule has 1 fully saturated rings. The van der Waals surface area contributed by atoms with Crippen molar-refractivity contribution in [3.05, 3.63) is 42.0 Å². The minimum atomic E-state index is -0.250. The fraction of sp³-hybridized carbons (Fsp3) is 0.438. The summed E-state index contributed by atoms with van der Waals surface area (Å²) in [6, 6.07) is 8.22. The Balaban J connectivity index is 0.000000595. The Morgan fingerprint density at radius 1 is 1.43 bits per heavy atom. The third-order valence-corrected chi connectivity index (χ3v) is 3.80. The maximum Gasteiger partial charge on any atom is 0.290 e. The van der Waals surface area contributed by atoms with Crippen molar-refractivity contribution in [3.63, 3.8) is 0 Å². The highest BCUT2D eigenvalue weighted by molar-refractivity contribution is 5.32. The minimum Gasteiger partial charge on any atom is -0.508 e. The average Bonchev–Trinajstić information content (AvgIpc) is 3.28. The number of carbonyl (C=O) groups is 1. The van der Waals surface area contributed by atoms with E-state index in [0.29, 0.717) is 11.8 Å². The number of phenolic OH excluding ortho intramolecular Hbond substituents is 1. The molecule has 2 aromatic rings. The van der Waals surface area contributed by atoms with Crippen molar-refractivity contribution in [2.24, 2.45) is 0 Å². The van der Waals surface area contributed by atoms with Gasteiger partial charge in [-0.05, 0) is 37.5 Å². The predicted octanol–water partition coefficient (Wildman–Crippen LogP) is 1.66. The van der Waals surface area contributed by atoms with E-state index in [9.17, 15) is 5.11 Å². The van der Waals surface area contributed by atoms with E-state index in [1.54, 1.807) is 12.4 Å². The number of aromatic nitrogens is 3. The summed E-state index contributed by atoms with van der Waals surface area (Å²) in [6.07, 6.45) is 4.34. The Morgan fingerprint density at radius 3 is 2.74 bits per heavy atom. The lowest BCUT2D eigenvalue weighted by Gasteiger charge is -2.22. The fourth-order valence-electron chi connectivity index (χ4n) is 2.49. The van der Waals surface area contributed by atoms with Crippen LogP contribution in [-0.4, -0.2) is 48.9 Å². The molecule has 1 aromatic heterocycles. The molecular weight excluding hydrogens is 296 g/mol. The van der Waals surface area contributed by atoms with Crippen LogP contribution in [0, 0.1) is 6.92 Å². The molecule has 0 atom stereocenters. The molecule has 124 valence electrons. The molecule has 7 heteroatoms. The third-order valence-electron chi connectivity index (χ3n) is 3.80. The van der Waals surface area contributed by atoms with Gasteiger partial charge in [-0.25, -0.2) is 0 Å². The summed E-state index contributed by atoms with van der Waals surface area (Å²) in [5.41, 5.74) is 1.16. The molecule has 1 aliphatic carbocycles. The second-order valence-corrected chi connectivity index (χ2v) is 5.55. The third kappa shape index (κ3) is 5.37. The first-order valence-corrected chi connectivity index (χ1v) is 7.58. The summed E-state index contributed by atoms with van der Waals surface area (Å²) < 4.78 is 2.08. The Hall–Kier alpha value is -2.41. The van der Waals surface area contributed by atoms with E-state index in [0.717, 1.165) is 31.0 Å². The molecule has 0 bridgehead atoms. The fourth-order valence-corrected chi connectivity index (χ4v) is 2.49. The van der Waals surface area contributed by atoms with Gasteiger partial charge >= 0.3 is 0 Å². The van der Waals surface area contributed by atoms with Crippen LogP contribution in [0.4, 0.5) is 0 Å². The van der Waals surface area contributed by atoms with Gasteiger partial charge in [-0.3, -0.25) is 9.69 Å². The normalized spacial score (nSPS) is 13.5. The number of phenols is 1. The van der Waals surface area contributed by atoms with Crippen molar-refractivity contribution < 1.29 is 15.0 Å². The van der Waals surface area contributed by atoms with Crippen molar-refractivity contribution in [1.82, 2.24) is 19.7 Å². The number of benzene rings is 1. The largest absolute Gasteiger partial charge is 0.508 e. The minimum absolute atomic E-state index is 0.250.